The Labute approximate surface area is 87.4 Å². The van der Waals surface area contributed by atoms with Crippen LogP contribution in [-0.2, 0) is 9.84 Å². The lowest BCUT2D eigenvalue weighted by molar-refractivity contribution is 0.598. The Bertz CT molecular complexity index is 601. The van der Waals surface area contributed by atoms with Crippen LogP contribution in [0.2, 0.25) is 0 Å². The predicted octanol–water partition coefficient (Wildman–Crippen LogP) is 1.01. The Balaban J connectivity index is 2.80. The van der Waals surface area contributed by atoms with Crippen LogP contribution in [-0.4, -0.2) is 31.7 Å². The molecule has 0 bridgehead atoms. The summed E-state index contributed by atoms with van der Waals surface area (Å²) in [6.07, 6.45) is 2.87. The lowest BCUT2D eigenvalue weighted by Crippen LogP contribution is -2.02. The summed E-state index contributed by atoms with van der Waals surface area (Å²) in [4.78, 5) is 6.92. The summed E-state index contributed by atoms with van der Waals surface area (Å²) < 4.78 is 22.7. The van der Waals surface area contributed by atoms with E-state index >= 15 is 0 Å². The molecule has 15 heavy (non-hydrogen) atoms. The molecule has 2 rings (SSSR count). The lowest BCUT2D eigenvalue weighted by Gasteiger charge is -2.04. The van der Waals surface area contributed by atoms with Crippen LogP contribution in [0.3, 0.4) is 0 Å². The molecule has 0 fully saturated rings. The number of aromatic amines is 1. The van der Waals surface area contributed by atoms with Gasteiger partial charge < -0.3 is 10.3 Å². The van der Waals surface area contributed by atoms with Gasteiger partial charge in [-0.05, 0) is 12.1 Å². The number of hydrogen-bond acceptors (Lipinski definition) is 4. The number of aromatic nitrogens is 2. The molecule has 0 unspecified atom stereocenters. The highest BCUT2D eigenvalue weighted by molar-refractivity contribution is 7.90. The highest BCUT2D eigenvalue weighted by Crippen LogP contribution is 2.23. The third-order valence-electron chi connectivity index (χ3n) is 2.15. The van der Waals surface area contributed by atoms with Crippen LogP contribution >= 0.6 is 0 Å². The van der Waals surface area contributed by atoms with E-state index in [4.69, 9.17) is 0 Å². The number of anilines is 1. The van der Waals surface area contributed by atoms with E-state index in [1.54, 1.807) is 13.2 Å². The first-order chi connectivity index (χ1) is 7.02. The second-order valence-corrected chi connectivity index (χ2v) is 5.23. The molecule has 2 aromatic rings. The minimum atomic E-state index is -3.28. The highest BCUT2D eigenvalue weighted by atomic mass is 32.2. The van der Waals surface area contributed by atoms with Gasteiger partial charge in [-0.1, -0.05) is 0 Å². The van der Waals surface area contributed by atoms with Crippen LogP contribution in [0.1, 0.15) is 0 Å². The van der Waals surface area contributed by atoms with E-state index in [1.807, 2.05) is 6.07 Å². The van der Waals surface area contributed by atoms with Crippen LogP contribution in [0, 0.1) is 0 Å². The van der Waals surface area contributed by atoms with E-state index in [-0.39, 0.29) is 5.03 Å². The fourth-order valence-electron chi connectivity index (χ4n) is 1.41. The first-order valence-corrected chi connectivity index (χ1v) is 6.27. The van der Waals surface area contributed by atoms with Gasteiger partial charge in [-0.3, -0.25) is 0 Å². The van der Waals surface area contributed by atoms with Gasteiger partial charge in [0.25, 0.3) is 0 Å². The summed E-state index contributed by atoms with van der Waals surface area (Å²) in [7, 11) is -1.53. The number of pyridine rings is 1. The number of H-pyrrole nitrogens is 1. The quantitative estimate of drug-likeness (QED) is 0.799. The van der Waals surface area contributed by atoms with E-state index < -0.39 is 9.84 Å². The average Bonchev–Trinajstić information content (AvgIpc) is 2.62. The molecule has 2 aromatic heterocycles. The molecule has 0 aromatic carbocycles. The summed E-state index contributed by atoms with van der Waals surface area (Å²) >= 11 is 0. The first-order valence-electron chi connectivity index (χ1n) is 4.38. The molecule has 0 atom stereocenters. The number of hydrogen-bond donors (Lipinski definition) is 2. The number of sulfone groups is 1. The third-order valence-corrected chi connectivity index (χ3v) is 3.12. The zero-order chi connectivity index (χ0) is 11.1. The Morgan fingerprint density at radius 1 is 1.47 bits per heavy atom. The second-order valence-electron chi connectivity index (χ2n) is 3.27. The van der Waals surface area contributed by atoms with Crippen LogP contribution in [0.25, 0.3) is 11.0 Å². The minimum Gasteiger partial charge on any atom is -0.387 e. The topological polar surface area (TPSA) is 74.8 Å². The number of nitrogens with zero attached hydrogens (tertiary/aromatic N) is 1. The molecular weight excluding hydrogens is 214 g/mol. The van der Waals surface area contributed by atoms with Gasteiger partial charge >= 0.3 is 0 Å². The van der Waals surface area contributed by atoms with Crippen molar-refractivity contribution in [2.75, 3.05) is 18.6 Å². The normalized spacial score (nSPS) is 11.9. The summed E-state index contributed by atoms with van der Waals surface area (Å²) in [6, 6.07) is 3.38. The smallest absolute Gasteiger partial charge is 0.192 e. The van der Waals surface area contributed by atoms with E-state index in [2.05, 4.69) is 15.3 Å². The highest BCUT2D eigenvalue weighted by Gasteiger charge is 2.13. The van der Waals surface area contributed by atoms with Gasteiger partial charge in [-0.2, -0.15) is 0 Å². The molecule has 0 saturated carbocycles. The zero-order valence-corrected chi connectivity index (χ0v) is 9.22. The van der Waals surface area contributed by atoms with Crippen LogP contribution in [0.4, 0.5) is 5.69 Å². The SMILES string of the molecule is CNc1cc(S(C)(=O)=O)nc2[nH]ccc12. The lowest BCUT2D eigenvalue weighted by atomic mass is 10.3. The predicted molar refractivity (Wildman–Crippen MR) is 58.8 cm³/mol. The Morgan fingerprint density at radius 2 is 2.20 bits per heavy atom. The monoisotopic (exact) mass is 225 g/mol. The van der Waals surface area contributed by atoms with Gasteiger partial charge in [0, 0.05) is 30.6 Å². The van der Waals surface area contributed by atoms with E-state index in [0.29, 0.717) is 5.65 Å². The van der Waals surface area contributed by atoms with Gasteiger partial charge in [0.05, 0.1) is 0 Å². The molecule has 0 aliphatic heterocycles. The molecule has 0 radical (unpaired) electrons. The van der Waals surface area contributed by atoms with Crippen molar-refractivity contribution in [3.05, 3.63) is 18.3 Å². The van der Waals surface area contributed by atoms with Crippen molar-refractivity contribution in [2.24, 2.45) is 0 Å². The Kier molecular flexibility index (Phi) is 2.15. The standard InChI is InChI=1S/C9H11N3O2S/c1-10-7-5-8(15(2,13)14)12-9-6(7)3-4-11-9/h3-5H,1-2H3,(H2,10,11,12). The summed E-state index contributed by atoms with van der Waals surface area (Å²) in [5.41, 5.74) is 1.32. The van der Waals surface area contributed by atoms with E-state index in [1.165, 1.54) is 6.07 Å². The van der Waals surface area contributed by atoms with Crippen molar-refractivity contribution in [1.82, 2.24) is 9.97 Å². The molecule has 0 aliphatic rings. The van der Waals surface area contributed by atoms with Gasteiger partial charge in [-0.25, -0.2) is 13.4 Å². The van der Waals surface area contributed by atoms with Gasteiger partial charge in [-0.15, -0.1) is 0 Å². The second kappa shape index (κ2) is 3.23. The minimum absolute atomic E-state index is 0.0711. The molecule has 6 heteroatoms. The molecular formula is C9H11N3O2S. The van der Waals surface area contributed by atoms with E-state index in [0.717, 1.165) is 17.3 Å². The van der Waals surface area contributed by atoms with Gasteiger partial charge in [0.2, 0.25) is 0 Å². The molecule has 0 aliphatic carbocycles. The molecule has 0 spiro atoms. The fourth-order valence-corrected chi connectivity index (χ4v) is 2.00. The maximum Gasteiger partial charge on any atom is 0.192 e. The summed E-state index contributed by atoms with van der Waals surface area (Å²) in [5, 5.41) is 3.89. The Morgan fingerprint density at radius 3 is 2.80 bits per heavy atom. The van der Waals surface area contributed by atoms with Crippen LogP contribution in [0.5, 0.6) is 0 Å². The zero-order valence-electron chi connectivity index (χ0n) is 8.40. The summed E-state index contributed by atoms with van der Waals surface area (Å²) in [5.74, 6) is 0. The van der Waals surface area contributed by atoms with Crippen LogP contribution in [0.15, 0.2) is 23.4 Å². The molecule has 80 valence electrons. The van der Waals surface area contributed by atoms with Crippen molar-refractivity contribution in [3.8, 4) is 0 Å². The van der Waals surface area contributed by atoms with Gasteiger partial charge in [0.1, 0.15) is 5.65 Å². The molecule has 0 amide bonds. The number of nitrogens with one attached hydrogen (secondary N) is 2. The van der Waals surface area contributed by atoms with E-state index in [9.17, 15) is 8.42 Å². The van der Waals surface area contributed by atoms with Crippen molar-refractivity contribution < 1.29 is 8.42 Å². The van der Waals surface area contributed by atoms with Crippen molar-refractivity contribution in [1.29, 1.82) is 0 Å². The third kappa shape index (κ3) is 1.68. The molecule has 5 nitrogen and oxygen atoms in total. The number of fused-ring (bicyclic) bond motifs is 1. The molecule has 2 heterocycles. The molecule has 2 N–H and O–H groups in total. The van der Waals surface area contributed by atoms with Crippen LogP contribution < -0.4 is 5.32 Å². The largest absolute Gasteiger partial charge is 0.387 e. The average molecular weight is 225 g/mol. The maximum atomic E-state index is 11.4. The fraction of sp³-hybridized carbons (Fsp3) is 0.222. The first kappa shape index (κ1) is 9.97. The van der Waals surface area contributed by atoms with Gasteiger partial charge in [0.15, 0.2) is 14.9 Å². The maximum absolute atomic E-state index is 11.4. The summed E-state index contributed by atoms with van der Waals surface area (Å²) in [6.45, 7) is 0. The molecule has 0 saturated heterocycles. The van der Waals surface area contributed by atoms with Crippen molar-refractivity contribution in [3.63, 3.8) is 0 Å². The Hall–Kier alpha value is -1.56. The van der Waals surface area contributed by atoms with Crippen molar-refractivity contribution >= 4 is 26.6 Å². The van der Waals surface area contributed by atoms with Crippen molar-refractivity contribution in [2.45, 2.75) is 5.03 Å². The number of rotatable bonds is 2.